The third kappa shape index (κ3) is 3.42. The second kappa shape index (κ2) is 6.49. The maximum Gasteiger partial charge on any atom is 0.115 e. The van der Waals surface area contributed by atoms with Gasteiger partial charge in [0.15, 0.2) is 0 Å². The van der Waals surface area contributed by atoms with Crippen LogP contribution in [0.4, 0.5) is 0 Å². The molecule has 0 bridgehead atoms. The van der Waals surface area contributed by atoms with Gasteiger partial charge in [0.2, 0.25) is 0 Å². The highest BCUT2D eigenvalue weighted by molar-refractivity contribution is 5.08. The molecule has 0 spiro atoms. The fraction of sp³-hybridized carbons (Fsp3) is 0.636. The van der Waals surface area contributed by atoms with E-state index in [-0.39, 0.29) is 0 Å². The van der Waals surface area contributed by atoms with Crippen molar-refractivity contribution in [2.75, 3.05) is 6.54 Å². The molecule has 1 N–H and O–H groups in total. The Morgan fingerprint density at radius 2 is 2.00 bits per heavy atom. The van der Waals surface area contributed by atoms with E-state index in [1.807, 2.05) is 12.4 Å². The monoisotopic (exact) mass is 193 g/mol. The molecule has 0 aromatic carbocycles. The average Bonchev–Trinajstić information content (AvgIpc) is 2.25. The predicted octanol–water partition coefficient (Wildman–Crippen LogP) is 2.32. The molecule has 0 aliphatic heterocycles. The fourth-order valence-corrected chi connectivity index (χ4v) is 1.53. The van der Waals surface area contributed by atoms with Crippen molar-refractivity contribution >= 4 is 0 Å². The first kappa shape index (κ1) is 11.1. The second-order valence-corrected chi connectivity index (χ2v) is 3.42. The van der Waals surface area contributed by atoms with E-state index < -0.39 is 0 Å². The van der Waals surface area contributed by atoms with Gasteiger partial charge in [-0.2, -0.15) is 0 Å². The van der Waals surface area contributed by atoms with Gasteiger partial charge in [-0.3, -0.25) is 0 Å². The molecule has 0 radical (unpaired) electrons. The van der Waals surface area contributed by atoms with Gasteiger partial charge in [0.1, 0.15) is 6.33 Å². The maximum atomic E-state index is 4.04. The molecule has 14 heavy (non-hydrogen) atoms. The van der Waals surface area contributed by atoms with Crippen molar-refractivity contribution in [2.24, 2.45) is 0 Å². The SMILES string of the molecule is CCCCC(NCC)c1cncnc1. The summed E-state index contributed by atoms with van der Waals surface area (Å²) in [6.45, 7) is 5.33. The van der Waals surface area contributed by atoms with E-state index in [0.717, 1.165) is 13.0 Å². The van der Waals surface area contributed by atoms with E-state index in [1.165, 1.54) is 18.4 Å². The van der Waals surface area contributed by atoms with E-state index in [4.69, 9.17) is 0 Å². The lowest BCUT2D eigenvalue weighted by atomic mass is 10.0. The molecule has 1 unspecified atom stereocenters. The Hall–Kier alpha value is -0.960. The zero-order valence-corrected chi connectivity index (χ0v) is 9.03. The molecule has 3 nitrogen and oxygen atoms in total. The highest BCUT2D eigenvalue weighted by Crippen LogP contribution is 2.17. The molecule has 0 saturated heterocycles. The Bertz CT molecular complexity index is 236. The minimum Gasteiger partial charge on any atom is -0.310 e. The molecular formula is C11H19N3. The zero-order valence-electron chi connectivity index (χ0n) is 9.03. The summed E-state index contributed by atoms with van der Waals surface area (Å²) in [5.41, 5.74) is 1.20. The van der Waals surface area contributed by atoms with Crippen molar-refractivity contribution in [3.8, 4) is 0 Å². The minimum atomic E-state index is 0.418. The molecule has 78 valence electrons. The Labute approximate surface area is 86.0 Å². The van der Waals surface area contributed by atoms with Gasteiger partial charge in [0.05, 0.1) is 0 Å². The highest BCUT2D eigenvalue weighted by atomic mass is 14.9. The number of aromatic nitrogens is 2. The van der Waals surface area contributed by atoms with Crippen molar-refractivity contribution < 1.29 is 0 Å². The summed E-state index contributed by atoms with van der Waals surface area (Å²) in [6, 6.07) is 0.418. The van der Waals surface area contributed by atoms with Crippen molar-refractivity contribution in [3.63, 3.8) is 0 Å². The van der Waals surface area contributed by atoms with Crippen LogP contribution in [-0.4, -0.2) is 16.5 Å². The Kier molecular flexibility index (Phi) is 5.15. The third-order valence-corrected chi connectivity index (χ3v) is 2.28. The second-order valence-electron chi connectivity index (χ2n) is 3.42. The van der Waals surface area contributed by atoms with Crippen LogP contribution >= 0.6 is 0 Å². The van der Waals surface area contributed by atoms with Gasteiger partial charge in [-0.15, -0.1) is 0 Å². The molecule has 0 saturated carbocycles. The van der Waals surface area contributed by atoms with Crippen LogP contribution < -0.4 is 5.32 Å². The summed E-state index contributed by atoms with van der Waals surface area (Å²) in [7, 11) is 0. The highest BCUT2D eigenvalue weighted by Gasteiger charge is 2.09. The summed E-state index contributed by atoms with van der Waals surface area (Å²) in [5, 5.41) is 3.45. The van der Waals surface area contributed by atoms with Crippen molar-refractivity contribution in [1.29, 1.82) is 0 Å². The lowest BCUT2D eigenvalue weighted by Crippen LogP contribution is -2.21. The molecule has 0 aliphatic carbocycles. The molecule has 1 heterocycles. The Morgan fingerprint density at radius 3 is 2.57 bits per heavy atom. The molecule has 3 heteroatoms. The number of nitrogens with zero attached hydrogens (tertiary/aromatic N) is 2. The van der Waals surface area contributed by atoms with E-state index in [0.29, 0.717) is 6.04 Å². The van der Waals surface area contributed by atoms with Crippen molar-refractivity contribution in [3.05, 3.63) is 24.3 Å². The van der Waals surface area contributed by atoms with Gasteiger partial charge in [0.25, 0.3) is 0 Å². The summed E-state index contributed by atoms with van der Waals surface area (Å²) in [5.74, 6) is 0. The van der Waals surface area contributed by atoms with Crippen LogP contribution in [0, 0.1) is 0 Å². The first-order chi connectivity index (χ1) is 6.88. The van der Waals surface area contributed by atoms with Crippen LogP contribution in [0.15, 0.2) is 18.7 Å². The molecule has 1 aromatic rings. The molecule has 0 fully saturated rings. The number of rotatable bonds is 6. The molecule has 1 aromatic heterocycles. The first-order valence-electron chi connectivity index (χ1n) is 5.36. The van der Waals surface area contributed by atoms with Gasteiger partial charge < -0.3 is 5.32 Å². The van der Waals surface area contributed by atoms with Crippen LogP contribution in [-0.2, 0) is 0 Å². The smallest absolute Gasteiger partial charge is 0.115 e. The van der Waals surface area contributed by atoms with E-state index in [9.17, 15) is 0 Å². The van der Waals surface area contributed by atoms with Crippen molar-refractivity contribution in [1.82, 2.24) is 15.3 Å². The Morgan fingerprint density at radius 1 is 1.29 bits per heavy atom. The van der Waals surface area contributed by atoms with E-state index in [2.05, 4.69) is 29.1 Å². The summed E-state index contributed by atoms with van der Waals surface area (Å²) in [6.07, 6.45) is 9.01. The fourth-order valence-electron chi connectivity index (χ4n) is 1.53. The standard InChI is InChI=1S/C11H19N3/c1-3-5-6-11(14-4-2)10-7-12-9-13-8-10/h7-9,11,14H,3-6H2,1-2H3. The topological polar surface area (TPSA) is 37.8 Å². The summed E-state index contributed by atoms with van der Waals surface area (Å²) >= 11 is 0. The predicted molar refractivity (Wildman–Crippen MR) is 58.0 cm³/mol. The van der Waals surface area contributed by atoms with E-state index >= 15 is 0 Å². The molecule has 0 amide bonds. The molecule has 1 rings (SSSR count). The minimum absolute atomic E-state index is 0.418. The Balaban J connectivity index is 2.58. The maximum absolute atomic E-state index is 4.04. The summed E-state index contributed by atoms with van der Waals surface area (Å²) in [4.78, 5) is 8.09. The van der Waals surface area contributed by atoms with E-state index in [1.54, 1.807) is 6.33 Å². The van der Waals surface area contributed by atoms with Crippen LogP contribution in [0.1, 0.15) is 44.7 Å². The van der Waals surface area contributed by atoms with Crippen LogP contribution in [0.3, 0.4) is 0 Å². The number of nitrogens with one attached hydrogen (secondary N) is 1. The van der Waals surface area contributed by atoms with Crippen LogP contribution in [0.25, 0.3) is 0 Å². The third-order valence-electron chi connectivity index (χ3n) is 2.28. The number of hydrogen-bond acceptors (Lipinski definition) is 3. The zero-order chi connectivity index (χ0) is 10.2. The normalized spacial score (nSPS) is 12.7. The lowest BCUT2D eigenvalue weighted by molar-refractivity contribution is 0.492. The quantitative estimate of drug-likeness (QED) is 0.753. The van der Waals surface area contributed by atoms with Crippen molar-refractivity contribution in [2.45, 2.75) is 39.2 Å². The molecule has 1 atom stereocenters. The summed E-state index contributed by atoms with van der Waals surface area (Å²) < 4.78 is 0. The van der Waals surface area contributed by atoms with Gasteiger partial charge in [0, 0.05) is 24.0 Å². The van der Waals surface area contributed by atoms with Gasteiger partial charge in [-0.1, -0.05) is 26.7 Å². The van der Waals surface area contributed by atoms with Crippen LogP contribution in [0.2, 0.25) is 0 Å². The average molecular weight is 193 g/mol. The van der Waals surface area contributed by atoms with Gasteiger partial charge in [-0.05, 0) is 13.0 Å². The lowest BCUT2D eigenvalue weighted by Gasteiger charge is -2.16. The first-order valence-corrected chi connectivity index (χ1v) is 5.36. The van der Waals surface area contributed by atoms with Gasteiger partial charge in [-0.25, -0.2) is 9.97 Å². The largest absolute Gasteiger partial charge is 0.310 e. The molecule has 0 aliphatic rings. The number of hydrogen-bond donors (Lipinski definition) is 1. The number of unbranched alkanes of at least 4 members (excludes halogenated alkanes) is 1. The molecular weight excluding hydrogens is 174 g/mol. The van der Waals surface area contributed by atoms with Gasteiger partial charge >= 0.3 is 0 Å². The van der Waals surface area contributed by atoms with Crippen LogP contribution in [0.5, 0.6) is 0 Å².